The number of hydrogen-bond acceptors (Lipinski definition) is 9. The Bertz CT molecular complexity index is 1610. The van der Waals surface area contributed by atoms with Gasteiger partial charge in [0.05, 0.1) is 33.1 Å². The first-order valence-electron chi connectivity index (χ1n) is 9.06. The molecule has 1 aliphatic rings. The fraction of sp³-hybridized carbons (Fsp3) is 0. The van der Waals surface area contributed by atoms with Gasteiger partial charge in [-0.05, 0) is 24.3 Å². The quantitative estimate of drug-likeness (QED) is 0.0923. The maximum absolute atomic E-state index is 13.2. The molecular formula is C20H16N3NaO8S2. The fourth-order valence-corrected chi connectivity index (χ4v) is 5.24. The van der Waals surface area contributed by atoms with E-state index in [1.807, 2.05) is 0 Å². The standard InChI is InChI=1S/C20H15N3O8S2.Na.H/c21-12-7-9(5-6-14(12)24)32(27,28)23-13-8-15(33(29,30)31)18(22)17-16(13)19(25)10-3-1-2-4-11(10)20(17)26;;/h1-8,23-24H,21-22H2,(H,29,30,31);;/q;+1;-1. The molecular weight excluding hydrogens is 497 g/mol. The second-order valence-electron chi connectivity index (χ2n) is 7.09. The summed E-state index contributed by atoms with van der Waals surface area (Å²) < 4.78 is 61.3. The average Bonchev–Trinajstić information content (AvgIpc) is 2.73. The van der Waals surface area contributed by atoms with Gasteiger partial charge in [0, 0.05) is 11.1 Å². The van der Waals surface area contributed by atoms with Gasteiger partial charge in [0.15, 0.2) is 11.6 Å². The van der Waals surface area contributed by atoms with Gasteiger partial charge in [-0.2, -0.15) is 8.42 Å². The molecule has 0 aliphatic heterocycles. The molecule has 0 radical (unpaired) electrons. The Balaban J connectivity index is 0.00000216. The summed E-state index contributed by atoms with van der Waals surface area (Å²) in [6.45, 7) is 0. The van der Waals surface area contributed by atoms with Crippen LogP contribution in [0, 0.1) is 0 Å². The van der Waals surface area contributed by atoms with Gasteiger partial charge in [-0.1, -0.05) is 24.3 Å². The summed E-state index contributed by atoms with van der Waals surface area (Å²) in [7, 11) is -9.52. The molecule has 0 spiro atoms. The zero-order chi connectivity index (χ0) is 24.3. The van der Waals surface area contributed by atoms with Crippen LogP contribution in [0.4, 0.5) is 17.1 Å². The van der Waals surface area contributed by atoms with Gasteiger partial charge in [-0.15, -0.1) is 0 Å². The number of nitrogens with one attached hydrogen (secondary N) is 1. The predicted octanol–water partition coefficient (Wildman–Crippen LogP) is -1.50. The SMILES string of the molecule is Nc1cc(S(=O)(=O)Nc2cc(S(=O)(=O)O)c(N)c3c2C(=O)c2ccccc2C3=O)ccc1O.[H-].[Na+]. The molecule has 0 aromatic heterocycles. The molecule has 0 heterocycles. The van der Waals surface area contributed by atoms with Gasteiger partial charge in [-0.25, -0.2) is 8.42 Å². The van der Waals surface area contributed by atoms with E-state index in [9.17, 15) is 36.1 Å². The Hall–Kier alpha value is -2.94. The van der Waals surface area contributed by atoms with Crippen LogP contribution in [0.1, 0.15) is 33.3 Å². The summed E-state index contributed by atoms with van der Waals surface area (Å²) in [6, 6.07) is 9.30. The molecule has 0 saturated carbocycles. The van der Waals surface area contributed by atoms with Crippen molar-refractivity contribution < 1.29 is 67.1 Å². The molecule has 3 aromatic carbocycles. The van der Waals surface area contributed by atoms with Crippen molar-refractivity contribution in [2.75, 3.05) is 16.2 Å². The molecule has 0 atom stereocenters. The van der Waals surface area contributed by atoms with Crippen molar-refractivity contribution in [3.8, 4) is 5.75 Å². The summed E-state index contributed by atoms with van der Waals surface area (Å²) in [4.78, 5) is 24.9. The van der Waals surface area contributed by atoms with Crippen LogP contribution in [0.3, 0.4) is 0 Å². The van der Waals surface area contributed by atoms with Gasteiger partial charge >= 0.3 is 29.6 Å². The summed E-state index contributed by atoms with van der Waals surface area (Å²) >= 11 is 0. The Kier molecular flexibility index (Phi) is 6.56. The molecule has 4 rings (SSSR count). The second kappa shape index (κ2) is 8.69. The van der Waals surface area contributed by atoms with Crippen molar-refractivity contribution in [1.29, 1.82) is 0 Å². The number of ketones is 2. The number of carbonyl (C=O) groups is 2. The second-order valence-corrected chi connectivity index (χ2v) is 10.2. The number of nitrogens with two attached hydrogens (primary N) is 2. The number of aromatic hydroxyl groups is 1. The summed E-state index contributed by atoms with van der Waals surface area (Å²) in [5.41, 5.74) is 8.72. The first kappa shape index (κ1) is 25.7. The Morgan fingerprint density at radius 1 is 0.853 bits per heavy atom. The number of nitrogen functional groups attached to an aromatic ring is 2. The minimum atomic E-state index is -5.02. The third kappa shape index (κ3) is 4.17. The minimum absolute atomic E-state index is 0. The molecule has 0 fully saturated rings. The Labute approximate surface area is 217 Å². The zero-order valence-electron chi connectivity index (χ0n) is 18.4. The summed E-state index contributed by atoms with van der Waals surface area (Å²) in [6.07, 6.45) is 0. The molecule has 0 saturated heterocycles. The van der Waals surface area contributed by atoms with Crippen LogP contribution in [0.2, 0.25) is 0 Å². The minimum Gasteiger partial charge on any atom is -1.00 e. The summed E-state index contributed by atoms with van der Waals surface area (Å²) in [5, 5.41) is 9.54. The van der Waals surface area contributed by atoms with Gasteiger partial charge in [0.2, 0.25) is 0 Å². The topological polar surface area (TPSA) is 207 Å². The molecule has 172 valence electrons. The van der Waals surface area contributed by atoms with Crippen LogP contribution in [0.25, 0.3) is 0 Å². The van der Waals surface area contributed by atoms with Crippen LogP contribution in [-0.4, -0.2) is 38.1 Å². The number of anilines is 3. The van der Waals surface area contributed by atoms with E-state index in [4.69, 9.17) is 11.5 Å². The van der Waals surface area contributed by atoms with Gasteiger partial charge < -0.3 is 18.0 Å². The van der Waals surface area contributed by atoms with Gasteiger partial charge in [0.25, 0.3) is 20.1 Å². The third-order valence-corrected chi connectivity index (χ3v) is 7.29. The fourth-order valence-electron chi connectivity index (χ4n) is 3.49. The maximum Gasteiger partial charge on any atom is 1.00 e. The van der Waals surface area contributed by atoms with Crippen LogP contribution in [0.15, 0.2) is 58.3 Å². The van der Waals surface area contributed by atoms with E-state index in [-0.39, 0.29) is 53.5 Å². The van der Waals surface area contributed by atoms with Crippen LogP contribution < -0.4 is 45.7 Å². The molecule has 34 heavy (non-hydrogen) atoms. The van der Waals surface area contributed by atoms with Gasteiger partial charge in [-0.3, -0.25) is 18.9 Å². The summed E-state index contributed by atoms with van der Waals surface area (Å²) in [5.74, 6) is -1.97. The molecule has 0 unspecified atom stereocenters. The Morgan fingerprint density at radius 2 is 1.41 bits per heavy atom. The zero-order valence-corrected chi connectivity index (χ0v) is 21.1. The van der Waals surface area contributed by atoms with Crippen LogP contribution >= 0.6 is 0 Å². The first-order chi connectivity index (χ1) is 15.3. The van der Waals surface area contributed by atoms with Crippen molar-refractivity contribution in [3.63, 3.8) is 0 Å². The number of phenolic OH excluding ortho intramolecular Hbond substituents is 1. The normalized spacial score (nSPS) is 13.0. The van der Waals surface area contributed by atoms with Crippen molar-refractivity contribution >= 4 is 48.8 Å². The van der Waals surface area contributed by atoms with E-state index in [0.717, 1.165) is 18.2 Å². The average molecular weight is 513 g/mol. The molecule has 7 N–H and O–H groups in total. The molecule has 14 heteroatoms. The Morgan fingerprint density at radius 3 is 1.94 bits per heavy atom. The number of phenols is 1. The van der Waals surface area contributed by atoms with Gasteiger partial charge in [0.1, 0.15) is 10.6 Å². The number of fused-ring (bicyclic) bond motifs is 2. The van der Waals surface area contributed by atoms with Crippen molar-refractivity contribution in [1.82, 2.24) is 0 Å². The third-order valence-electron chi connectivity index (χ3n) is 5.03. The molecule has 1 aliphatic carbocycles. The molecule has 3 aromatic rings. The van der Waals surface area contributed by atoms with Crippen molar-refractivity contribution in [2.24, 2.45) is 0 Å². The predicted molar refractivity (Wildman–Crippen MR) is 118 cm³/mol. The number of rotatable bonds is 4. The van der Waals surface area contributed by atoms with E-state index in [2.05, 4.69) is 4.72 Å². The molecule has 0 amide bonds. The smallest absolute Gasteiger partial charge is 1.00 e. The number of sulfonamides is 1. The largest absolute Gasteiger partial charge is 1.00 e. The van der Waals surface area contributed by atoms with Crippen LogP contribution in [-0.2, 0) is 20.1 Å². The monoisotopic (exact) mass is 513 g/mol. The first-order valence-corrected chi connectivity index (χ1v) is 12.0. The van der Waals surface area contributed by atoms with E-state index >= 15 is 0 Å². The van der Waals surface area contributed by atoms with Crippen molar-refractivity contribution in [3.05, 3.63) is 70.8 Å². The number of carbonyl (C=O) groups excluding carboxylic acids is 2. The number of benzene rings is 3. The van der Waals surface area contributed by atoms with E-state index in [0.29, 0.717) is 6.07 Å². The van der Waals surface area contributed by atoms with E-state index in [1.54, 1.807) is 0 Å². The number of hydrogen-bond donors (Lipinski definition) is 5. The molecule has 0 bridgehead atoms. The van der Waals surface area contributed by atoms with E-state index in [1.165, 1.54) is 24.3 Å². The maximum atomic E-state index is 13.2. The van der Waals surface area contributed by atoms with Crippen LogP contribution in [0.5, 0.6) is 5.75 Å². The molecule has 11 nitrogen and oxygen atoms in total. The van der Waals surface area contributed by atoms with E-state index < -0.39 is 64.0 Å². The van der Waals surface area contributed by atoms with Crippen molar-refractivity contribution in [2.45, 2.75) is 9.79 Å².